The van der Waals surface area contributed by atoms with Gasteiger partial charge in [-0.3, -0.25) is 0 Å². The van der Waals surface area contributed by atoms with Crippen molar-refractivity contribution in [3.63, 3.8) is 0 Å². The molecule has 8 rings (SSSR count). The van der Waals surface area contributed by atoms with Crippen LogP contribution >= 0.6 is 0 Å². The van der Waals surface area contributed by atoms with Crippen molar-refractivity contribution in [2.45, 2.75) is 55.5 Å². The van der Waals surface area contributed by atoms with Gasteiger partial charge in [-0.15, -0.1) is 0 Å². The van der Waals surface area contributed by atoms with Crippen molar-refractivity contribution in [3.05, 3.63) is 94.5 Å². The molecule has 3 fully saturated rings. The van der Waals surface area contributed by atoms with Crippen LogP contribution in [-0.2, 0) is 15.8 Å². The molecule has 0 amide bonds. The molecule has 3 heterocycles. The molecule has 182 valence electrons. The summed E-state index contributed by atoms with van der Waals surface area (Å²) in [5, 5.41) is 0. The van der Waals surface area contributed by atoms with Gasteiger partial charge in [0.15, 0.2) is 5.60 Å². The van der Waals surface area contributed by atoms with Gasteiger partial charge in [0.1, 0.15) is 0 Å². The number of esters is 1. The number of benzene rings is 3. The number of ether oxygens (including phenoxy) is 1. The zero-order chi connectivity index (χ0) is 23.9. The van der Waals surface area contributed by atoms with E-state index in [0.717, 1.165) is 37.3 Å². The maximum Gasteiger partial charge on any atom is 0.339 e. The molecule has 0 aromatic heterocycles. The van der Waals surface area contributed by atoms with Gasteiger partial charge in [0.2, 0.25) is 0 Å². The molecule has 0 bridgehead atoms. The summed E-state index contributed by atoms with van der Waals surface area (Å²) in [5.74, 6) is 0.0270. The molecular formula is C32H32N2O2. The Bertz CT molecular complexity index is 1290. The standard InChI is InChI=1S/C32H32N2O2/c35-30-27-9-7-8-26-28(27)32(36-30)29(26)31(32,22-10-14-24(15-11-22)33-18-3-1-4-19-33)23-12-16-25(17-13-23)34-20-5-2-6-21-34/h7-17,29H,1-6,18-21H2. The Morgan fingerprint density at radius 2 is 1.19 bits per heavy atom. The van der Waals surface area contributed by atoms with Gasteiger partial charge in [0.25, 0.3) is 0 Å². The summed E-state index contributed by atoms with van der Waals surface area (Å²) in [7, 11) is 0. The number of piperidine rings is 2. The van der Waals surface area contributed by atoms with E-state index >= 15 is 0 Å². The third-order valence-corrected chi connectivity index (χ3v) is 9.68. The van der Waals surface area contributed by atoms with Gasteiger partial charge in [-0.2, -0.15) is 0 Å². The van der Waals surface area contributed by atoms with Crippen LogP contribution in [0.25, 0.3) is 0 Å². The van der Waals surface area contributed by atoms with E-state index in [1.165, 1.54) is 66.6 Å². The Kier molecular flexibility index (Phi) is 4.28. The number of carbonyl (C=O) groups is 1. The van der Waals surface area contributed by atoms with E-state index in [0.29, 0.717) is 0 Å². The average Bonchev–Trinajstić information content (AvgIpc) is 3.34. The summed E-state index contributed by atoms with van der Waals surface area (Å²) in [6, 6.07) is 24.6. The number of carbonyl (C=O) groups excluding carboxylic acids is 1. The highest BCUT2D eigenvalue weighted by Crippen LogP contribution is 2.87. The van der Waals surface area contributed by atoms with Crippen molar-refractivity contribution >= 4 is 17.3 Å². The van der Waals surface area contributed by atoms with E-state index in [1.54, 1.807) is 0 Å². The first-order chi connectivity index (χ1) is 17.7. The first-order valence-corrected chi connectivity index (χ1v) is 13.8. The van der Waals surface area contributed by atoms with E-state index in [1.807, 2.05) is 12.1 Å². The highest BCUT2D eigenvalue weighted by molar-refractivity contribution is 6.01. The van der Waals surface area contributed by atoms with Gasteiger partial charge in [-0.05, 0) is 85.5 Å². The van der Waals surface area contributed by atoms with Crippen molar-refractivity contribution in [2.24, 2.45) is 0 Å². The third kappa shape index (κ3) is 2.48. The maximum absolute atomic E-state index is 13.0. The molecule has 2 atom stereocenters. The lowest BCUT2D eigenvalue weighted by atomic mass is 9.82. The lowest BCUT2D eigenvalue weighted by molar-refractivity contribution is 0.0213. The first-order valence-electron chi connectivity index (χ1n) is 13.8. The fourth-order valence-corrected chi connectivity index (χ4v) is 8.05. The zero-order valence-electron chi connectivity index (χ0n) is 20.7. The summed E-state index contributed by atoms with van der Waals surface area (Å²) < 4.78 is 6.33. The number of fused-ring (bicyclic) bond motifs is 1. The van der Waals surface area contributed by atoms with Gasteiger partial charge >= 0.3 is 5.97 Å². The van der Waals surface area contributed by atoms with Crippen molar-refractivity contribution in [2.75, 3.05) is 36.0 Å². The SMILES string of the molecule is O=C1OC23c4c1cccc4C2C3(c1ccc(N2CCCCC2)cc1)c1ccc(N2CCCCC2)cc1. The molecule has 3 aliphatic heterocycles. The van der Waals surface area contributed by atoms with Gasteiger partial charge in [0, 0.05) is 49.0 Å². The molecule has 2 unspecified atom stereocenters. The van der Waals surface area contributed by atoms with Gasteiger partial charge in [-0.25, -0.2) is 4.79 Å². The van der Waals surface area contributed by atoms with Crippen LogP contribution in [0, 0.1) is 0 Å². The number of hydrogen-bond donors (Lipinski definition) is 0. The quantitative estimate of drug-likeness (QED) is 0.424. The second kappa shape index (κ2) is 7.38. The molecular weight excluding hydrogens is 444 g/mol. The smallest absolute Gasteiger partial charge is 0.339 e. The molecule has 3 aromatic carbocycles. The van der Waals surface area contributed by atoms with Crippen LogP contribution < -0.4 is 9.80 Å². The van der Waals surface area contributed by atoms with Crippen LogP contribution in [0.1, 0.15) is 77.1 Å². The fourth-order valence-electron chi connectivity index (χ4n) is 8.05. The Labute approximate surface area is 212 Å². The topological polar surface area (TPSA) is 32.8 Å². The zero-order valence-corrected chi connectivity index (χ0v) is 20.7. The number of nitrogens with zero attached hydrogens (tertiary/aromatic N) is 2. The lowest BCUT2D eigenvalue weighted by Crippen LogP contribution is -2.30. The number of anilines is 2. The number of hydrogen-bond acceptors (Lipinski definition) is 4. The minimum Gasteiger partial charge on any atom is -0.448 e. The Morgan fingerprint density at radius 1 is 0.667 bits per heavy atom. The Hall–Kier alpha value is -3.27. The van der Waals surface area contributed by atoms with E-state index in [4.69, 9.17) is 4.74 Å². The van der Waals surface area contributed by atoms with Crippen LogP contribution in [0.5, 0.6) is 0 Å². The van der Waals surface area contributed by atoms with Crippen LogP contribution in [-0.4, -0.2) is 32.1 Å². The summed E-state index contributed by atoms with van der Waals surface area (Å²) in [5.41, 5.74) is 7.43. The van der Waals surface area contributed by atoms with Crippen molar-refractivity contribution < 1.29 is 9.53 Å². The summed E-state index contributed by atoms with van der Waals surface area (Å²) in [6.45, 7) is 4.56. The van der Waals surface area contributed by atoms with Crippen molar-refractivity contribution in [1.82, 2.24) is 0 Å². The predicted molar refractivity (Wildman–Crippen MR) is 142 cm³/mol. The highest BCUT2D eigenvalue weighted by atomic mass is 16.6. The second-order valence-corrected chi connectivity index (χ2v) is 11.3. The molecule has 4 nitrogen and oxygen atoms in total. The van der Waals surface area contributed by atoms with Gasteiger partial charge in [-0.1, -0.05) is 36.4 Å². The molecule has 5 aliphatic rings. The molecule has 2 saturated heterocycles. The van der Waals surface area contributed by atoms with Gasteiger partial charge in [0.05, 0.1) is 11.0 Å². The van der Waals surface area contributed by atoms with E-state index in [2.05, 4.69) is 64.4 Å². The molecule has 0 N–H and O–H groups in total. The minimum atomic E-state index is -0.546. The fraction of sp³-hybridized carbons (Fsp3) is 0.406. The lowest BCUT2D eigenvalue weighted by Gasteiger charge is -2.30. The second-order valence-electron chi connectivity index (χ2n) is 11.3. The Morgan fingerprint density at radius 3 is 1.72 bits per heavy atom. The molecule has 1 saturated carbocycles. The molecule has 0 radical (unpaired) electrons. The van der Waals surface area contributed by atoms with E-state index in [-0.39, 0.29) is 17.3 Å². The average molecular weight is 477 g/mol. The third-order valence-electron chi connectivity index (χ3n) is 9.68. The molecule has 2 aliphatic carbocycles. The summed E-state index contributed by atoms with van der Waals surface area (Å²) in [6.07, 6.45) is 7.76. The maximum atomic E-state index is 13.0. The molecule has 36 heavy (non-hydrogen) atoms. The van der Waals surface area contributed by atoms with Crippen LogP contribution in [0.2, 0.25) is 0 Å². The van der Waals surface area contributed by atoms with Crippen molar-refractivity contribution in [1.29, 1.82) is 0 Å². The molecule has 3 aromatic rings. The molecule has 4 heteroatoms. The van der Waals surface area contributed by atoms with E-state index in [9.17, 15) is 4.79 Å². The van der Waals surface area contributed by atoms with E-state index < -0.39 is 5.60 Å². The number of rotatable bonds is 4. The molecule has 1 spiro atoms. The summed E-state index contributed by atoms with van der Waals surface area (Å²) >= 11 is 0. The van der Waals surface area contributed by atoms with Crippen LogP contribution in [0.3, 0.4) is 0 Å². The predicted octanol–water partition coefficient (Wildman–Crippen LogP) is 6.13. The van der Waals surface area contributed by atoms with Crippen LogP contribution in [0.4, 0.5) is 11.4 Å². The van der Waals surface area contributed by atoms with Crippen molar-refractivity contribution in [3.8, 4) is 0 Å². The Balaban J connectivity index is 1.23. The summed E-state index contributed by atoms with van der Waals surface area (Å²) in [4.78, 5) is 18.0. The normalized spacial score (nSPS) is 27.1. The monoisotopic (exact) mass is 476 g/mol. The first kappa shape index (κ1) is 20.9. The van der Waals surface area contributed by atoms with Crippen LogP contribution in [0.15, 0.2) is 66.7 Å². The highest BCUT2D eigenvalue weighted by Gasteiger charge is 2.90. The van der Waals surface area contributed by atoms with Gasteiger partial charge < -0.3 is 14.5 Å². The largest absolute Gasteiger partial charge is 0.448 e. The minimum absolute atomic E-state index is 0.161.